The molecule has 0 saturated carbocycles. The van der Waals surface area contributed by atoms with E-state index >= 15 is 0 Å². The van der Waals surface area contributed by atoms with Gasteiger partial charge in [0.25, 0.3) is 0 Å². The molecule has 2 aliphatic rings. The fraction of sp³-hybridized carbons (Fsp3) is 0.625. The lowest BCUT2D eigenvalue weighted by Crippen LogP contribution is -2.47. The van der Waals surface area contributed by atoms with Crippen LogP contribution in [0.3, 0.4) is 0 Å². The van der Waals surface area contributed by atoms with Crippen LogP contribution in [-0.2, 0) is 10.0 Å². The number of rotatable bonds is 5. The fourth-order valence-electron chi connectivity index (χ4n) is 3.77. The van der Waals surface area contributed by atoms with Gasteiger partial charge in [-0.1, -0.05) is 0 Å². The number of ether oxygens (including phenoxy) is 2. The van der Waals surface area contributed by atoms with Crippen molar-refractivity contribution in [2.45, 2.75) is 47.9 Å². The first kappa shape index (κ1) is 16.9. The zero-order valence-corrected chi connectivity index (χ0v) is 15.3. The van der Waals surface area contributed by atoms with Crippen LogP contribution in [0.1, 0.15) is 25.7 Å². The molecule has 2 unspecified atom stereocenters. The van der Waals surface area contributed by atoms with E-state index in [4.69, 9.17) is 9.47 Å². The summed E-state index contributed by atoms with van der Waals surface area (Å²) in [5.41, 5.74) is 0. The van der Waals surface area contributed by atoms with Crippen molar-refractivity contribution in [3.8, 4) is 11.5 Å². The summed E-state index contributed by atoms with van der Waals surface area (Å²) in [6.07, 6.45) is 5.94. The maximum Gasteiger partial charge on any atom is 0.243 e. The summed E-state index contributed by atoms with van der Waals surface area (Å²) in [4.78, 5) is 0.287. The highest BCUT2D eigenvalue weighted by molar-refractivity contribution is 7.99. The molecule has 7 heteroatoms. The van der Waals surface area contributed by atoms with Gasteiger partial charge in [-0.3, -0.25) is 0 Å². The highest BCUT2D eigenvalue weighted by atomic mass is 32.2. The van der Waals surface area contributed by atoms with Gasteiger partial charge in [0.2, 0.25) is 10.0 Å². The van der Waals surface area contributed by atoms with Gasteiger partial charge in [-0.15, -0.1) is 0 Å². The topological polar surface area (TPSA) is 55.8 Å². The molecule has 128 valence electrons. The Kier molecular flexibility index (Phi) is 4.80. The minimum atomic E-state index is -3.50. The van der Waals surface area contributed by atoms with Crippen molar-refractivity contribution in [2.24, 2.45) is 0 Å². The summed E-state index contributed by atoms with van der Waals surface area (Å²) in [5, 5.41) is 0.573. The Hall–Kier alpha value is -0.920. The maximum absolute atomic E-state index is 13.1. The molecule has 1 aromatic rings. The Morgan fingerprint density at radius 2 is 1.70 bits per heavy atom. The molecule has 3 rings (SSSR count). The average Bonchev–Trinajstić information content (AvgIpc) is 2.85. The third-order valence-electron chi connectivity index (χ3n) is 4.89. The first-order valence-corrected chi connectivity index (χ1v) is 10.5. The van der Waals surface area contributed by atoms with Gasteiger partial charge in [-0.2, -0.15) is 16.1 Å². The number of fused-ring (bicyclic) bond motifs is 2. The number of thioether (sulfide) groups is 1. The molecule has 0 N–H and O–H groups in total. The van der Waals surface area contributed by atoms with Crippen molar-refractivity contribution in [3.05, 3.63) is 18.2 Å². The Morgan fingerprint density at radius 1 is 1.09 bits per heavy atom. The van der Waals surface area contributed by atoms with Crippen LogP contribution in [0.25, 0.3) is 0 Å². The second-order valence-corrected chi connectivity index (χ2v) is 9.05. The van der Waals surface area contributed by atoms with Gasteiger partial charge in [0, 0.05) is 23.4 Å². The van der Waals surface area contributed by atoms with E-state index in [0.717, 1.165) is 25.7 Å². The molecule has 0 aromatic heterocycles. The average molecular weight is 357 g/mol. The van der Waals surface area contributed by atoms with E-state index in [2.05, 4.69) is 6.26 Å². The number of piperidine rings is 1. The van der Waals surface area contributed by atoms with Gasteiger partial charge in [-0.25, -0.2) is 8.42 Å². The molecule has 2 heterocycles. The van der Waals surface area contributed by atoms with Gasteiger partial charge >= 0.3 is 0 Å². The largest absolute Gasteiger partial charge is 0.493 e. The molecular weight excluding hydrogens is 334 g/mol. The van der Waals surface area contributed by atoms with Crippen LogP contribution in [0.5, 0.6) is 11.5 Å². The number of methoxy groups -OCH3 is 2. The van der Waals surface area contributed by atoms with Gasteiger partial charge in [0.1, 0.15) is 0 Å². The van der Waals surface area contributed by atoms with Crippen molar-refractivity contribution in [3.63, 3.8) is 0 Å². The summed E-state index contributed by atoms with van der Waals surface area (Å²) in [6.45, 7) is 0. The second kappa shape index (κ2) is 6.53. The Balaban J connectivity index is 1.94. The van der Waals surface area contributed by atoms with Crippen LogP contribution in [0.2, 0.25) is 0 Å². The summed E-state index contributed by atoms with van der Waals surface area (Å²) in [7, 11) is -0.442. The molecule has 2 fully saturated rings. The maximum atomic E-state index is 13.1. The SMILES string of the molecule is COc1ccc(S(=O)(=O)N2C3CCC2CC(SC)C3)cc1OC. The van der Waals surface area contributed by atoms with E-state index in [1.165, 1.54) is 7.11 Å². The van der Waals surface area contributed by atoms with E-state index in [0.29, 0.717) is 16.7 Å². The minimum Gasteiger partial charge on any atom is -0.493 e. The van der Waals surface area contributed by atoms with E-state index in [-0.39, 0.29) is 17.0 Å². The van der Waals surface area contributed by atoms with E-state index in [1.54, 1.807) is 29.6 Å². The number of sulfonamides is 1. The zero-order valence-electron chi connectivity index (χ0n) is 13.7. The van der Waals surface area contributed by atoms with Crippen molar-refractivity contribution < 1.29 is 17.9 Å². The second-order valence-electron chi connectivity index (χ2n) is 6.07. The molecule has 5 nitrogen and oxygen atoms in total. The molecule has 0 spiro atoms. The highest BCUT2D eigenvalue weighted by Gasteiger charge is 2.47. The number of hydrogen-bond donors (Lipinski definition) is 0. The molecule has 0 aliphatic carbocycles. The fourth-order valence-corrected chi connectivity index (χ4v) is 6.50. The third-order valence-corrected chi connectivity index (χ3v) is 7.94. The molecule has 23 heavy (non-hydrogen) atoms. The predicted molar refractivity (Wildman–Crippen MR) is 91.9 cm³/mol. The Labute approximate surface area is 142 Å². The van der Waals surface area contributed by atoms with Gasteiger partial charge < -0.3 is 9.47 Å². The minimum absolute atomic E-state index is 0.129. The molecule has 2 aliphatic heterocycles. The normalized spacial score (nSPS) is 27.9. The molecule has 2 bridgehead atoms. The summed E-state index contributed by atoms with van der Waals surface area (Å²) >= 11 is 1.85. The zero-order chi connectivity index (χ0) is 16.6. The molecule has 2 saturated heterocycles. The summed E-state index contributed by atoms with van der Waals surface area (Å²) in [6, 6.07) is 5.08. The summed E-state index contributed by atoms with van der Waals surface area (Å²) < 4.78 is 38.5. The van der Waals surface area contributed by atoms with E-state index in [9.17, 15) is 8.42 Å². The first-order chi connectivity index (χ1) is 11.0. The number of benzene rings is 1. The monoisotopic (exact) mass is 357 g/mol. The molecule has 0 amide bonds. The smallest absolute Gasteiger partial charge is 0.243 e. The lowest BCUT2D eigenvalue weighted by atomic mass is 10.1. The van der Waals surface area contributed by atoms with Crippen LogP contribution >= 0.6 is 11.8 Å². The summed E-state index contributed by atoms with van der Waals surface area (Å²) in [5.74, 6) is 0.982. The highest BCUT2D eigenvalue weighted by Crippen LogP contribution is 2.43. The number of hydrogen-bond acceptors (Lipinski definition) is 5. The van der Waals surface area contributed by atoms with Gasteiger partial charge in [-0.05, 0) is 44.1 Å². The Bertz CT molecular complexity index is 663. The van der Waals surface area contributed by atoms with Crippen LogP contribution in [0, 0.1) is 0 Å². The van der Waals surface area contributed by atoms with Crippen LogP contribution in [0.15, 0.2) is 23.1 Å². The lowest BCUT2D eigenvalue weighted by Gasteiger charge is -2.37. The molecular formula is C16H23NO4S2. The van der Waals surface area contributed by atoms with Crippen molar-refractivity contribution in [1.29, 1.82) is 0 Å². The van der Waals surface area contributed by atoms with Gasteiger partial charge in [0.15, 0.2) is 11.5 Å². The quantitative estimate of drug-likeness (QED) is 0.811. The van der Waals surface area contributed by atoms with Crippen LogP contribution in [-0.4, -0.2) is 50.5 Å². The number of nitrogens with zero attached hydrogens (tertiary/aromatic N) is 1. The van der Waals surface area contributed by atoms with E-state index in [1.807, 2.05) is 11.8 Å². The molecule has 2 atom stereocenters. The van der Waals surface area contributed by atoms with Crippen LogP contribution in [0.4, 0.5) is 0 Å². The first-order valence-electron chi connectivity index (χ1n) is 7.79. The predicted octanol–water partition coefficient (Wildman–Crippen LogP) is 2.75. The Morgan fingerprint density at radius 3 is 2.22 bits per heavy atom. The van der Waals surface area contributed by atoms with Crippen LogP contribution < -0.4 is 9.47 Å². The van der Waals surface area contributed by atoms with Crippen molar-refractivity contribution in [2.75, 3.05) is 20.5 Å². The van der Waals surface area contributed by atoms with E-state index < -0.39 is 10.0 Å². The van der Waals surface area contributed by atoms with Gasteiger partial charge in [0.05, 0.1) is 19.1 Å². The molecule has 0 radical (unpaired) electrons. The standard InChI is InChI=1S/C16H23NO4S2/c1-20-15-7-6-14(10-16(15)21-2)23(18,19)17-11-4-5-12(17)9-13(8-11)22-3/h6-7,10-13H,4-5,8-9H2,1-3H3. The van der Waals surface area contributed by atoms with Crippen molar-refractivity contribution in [1.82, 2.24) is 4.31 Å². The molecule has 1 aromatic carbocycles. The lowest BCUT2D eigenvalue weighted by molar-refractivity contribution is 0.253. The van der Waals surface area contributed by atoms with Crippen molar-refractivity contribution >= 4 is 21.8 Å². The third kappa shape index (κ3) is 2.94.